The number of rotatable bonds is 9. The second kappa shape index (κ2) is 11.3. The van der Waals surface area contributed by atoms with Crippen molar-refractivity contribution < 1.29 is 54.1 Å². The molecule has 0 amide bonds. The van der Waals surface area contributed by atoms with Crippen LogP contribution in [0.5, 0.6) is 11.5 Å². The lowest BCUT2D eigenvalue weighted by atomic mass is 9.91. The molecule has 230 valence electrons. The standard InChI is InChI=1S/C28H24F6N2O6S/c29-20-9-18(10-21(13-20)41-26(30)31)17-6-7-24-23(11-17)36(16-27(42-24)14-35(15-27)8-2-5-25(37)38)43(39,40)22-4-1-3-19(12-22)28(32,33)34/h1,3-4,6-7,9-13,26H,2,5,8,14-16H2,(H,37,38). The summed E-state index contributed by atoms with van der Waals surface area (Å²) in [7, 11) is -4.62. The number of hydrogen-bond acceptors (Lipinski definition) is 6. The summed E-state index contributed by atoms with van der Waals surface area (Å²) >= 11 is 0. The monoisotopic (exact) mass is 630 g/mol. The number of benzene rings is 3. The predicted molar refractivity (Wildman–Crippen MR) is 141 cm³/mol. The number of aliphatic carboxylic acids is 1. The molecule has 1 N–H and O–H groups in total. The molecule has 0 unspecified atom stereocenters. The van der Waals surface area contributed by atoms with E-state index in [0.29, 0.717) is 19.0 Å². The molecule has 0 radical (unpaired) electrons. The molecule has 3 aromatic rings. The number of likely N-dealkylation sites (tertiary alicyclic amines) is 1. The average molecular weight is 631 g/mol. The first kappa shape index (κ1) is 30.5. The van der Waals surface area contributed by atoms with E-state index in [9.17, 15) is 39.6 Å². The number of fused-ring (bicyclic) bond motifs is 1. The zero-order valence-electron chi connectivity index (χ0n) is 22.2. The van der Waals surface area contributed by atoms with E-state index in [1.165, 1.54) is 18.2 Å². The molecule has 5 rings (SSSR count). The Morgan fingerprint density at radius 3 is 2.44 bits per heavy atom. The van der Waals surface area contributed by atoms with Gasteiger partial charge in [0, 0.05) is 25.6 Å². The van der Waals surface area contributed by atoms with E-state index in [1.54, 1.807) is 0 Å². The Labute approximate surface area is 242 Å². The van der Waals surface area contributed by atoms with Crippen molar-refractivity contribution in [3.8, 4) is 22.6 Å². The number of ether oxygens (including phenoxy) is 2. The molecule has 3 aromatic carbocycles. The van der Waals surface area contributed by atoms with Crippen LogP contribution in [0.1, 0.15) is 18.4 Å². The maximum absolute atomic E-state index is 14.3. The van der Waals surface area contributed by atoms with Gasteiger partial charge in [0.1, 0.15) is 17.3 Å². The van der Waals surface area contributed by atoms with Crippen LogP contribution in [0.2, 0.25) is 0 Å². The van der Waals surface area contributed by atoms with Gasteiger partial charge in [-0.15, -0.1) is 0 Å². The third kappa shape index (κ3) is 6.51. The molecule has 0 atom stereocenters. The molecule has 1 spiro atoms. The molecule has 2 heterocycles. The Bertz CT molecular complexity index is 1640. The highest BCUT2D eigenvalue weighted by atomic mass is 32.2. The van der Waals surface area contributed by atoms with Gasteiger partial charge in [0.25, 0.3) is 10.0 Å². The molecule has 0 bridgehead atoms. The van der Waals surface area contributed by atoms with Gasteiger partial charge in [0.2, 0.25) is 0 Å². The van der Waals surface area contributed by atoms with E-state index >= 15 is 0 Å². The summed E-state index contributed by atoms with van der Waals surface area (Å²) in [4.78, 5) is 12.1. The van der Waals surface area contributed by atoms with Crippen molar-refractivity contribution in [2.45, 2.75) is 36.1 Å². The van der Waals surface area contributed by atoms with Gasteiger partial charge in [-0.05, 0) is 66.6 Å². The minimum absolute atomic E-state index is 0.0505. The summed E-state index contributed by atoms with van der Waals surface area (Å²) in [6, 6.07) is 10.4. The van der Waals surface area contributed by atoms with Gasteiger partial charge >= 0.3 is 18.8 Å². The molecule has 43 heavy (non-hydrogen) atoms. The molecule has 0 saturated carbocycles. The molecule has 2 aliphatic rings. The van der Waals surface area contributed by atoms with Crippen LogP contribution in [-0.2, 0) is 21.0 Å². The first-order valence-corrected chi connectivity index (χ1v) is 14.3. The number of anilines is 1. The van der Waals surface area contributed by atoms with E-state index in [1.807, 2.05) is 4.90 Å². The number of nitrogens with zero attached hydrogens (tertiary/aromatic N) is 2. The summed E-state index contributed by atoms with van der Waals surface area (Å²) in [5, 5.41) is 8.90. The Kier molecular flexibility index (Phi) is 7.98. The van der Waals surface area contributed by atoms with Gasteiger partial charge in [0.15, 0.2) is 5.60 Å². The van der Waals surface area contributed by atoms with E-state index in [2.05, 4.69) is 4.74 Å². The van der Waals surface area contributed by atoms with Crippen LogP contribution in [0, 0.1) is 5.82 Å². The third-order valence-electron chi connectivity index (χ3n) is 7.05. The number of carboxylic acids is 1. The van der Waals surface area contributed by atoms with Crippen molar-refractivity contribution in [1.82, 2.24) is 4.90 Å². The number of halogens is 6. The van der Waals surface area contributed by atoms with Crippen LogP contribution in [0.3, 0.4) is 0 Å². The average Bonchev–Trinajstić information content (AvgIpc) is 2.90. The van der Waals surface area contributed by atoms with Gasteiger partial charge in [-0.25, -0.2) is 12.8 Å². The van der Waals surface area contributed by atoms with Gasteiger partial charge in [-0.1, -0.05) is 12.1 Å². The second-order valence-corrected chi connectivity index (χ2v) is 12.1. The predicted octanol–water partition coefficient (Wildman–Crippen LogP) is 5.62. The van der Waals surface area contributed by atoms with Crippen LogP contribution in [-0.4, -0.2) is 62.8 Å². The number of carboxylic acid groups (broad SMARTS) is 1. The largest absolute Gasteiger partial charge is 0.481 e. The zero-order chi connectivity index (χ0) is 31.2. The topological polar surface area (TPSA) is 96.4 Å². The van der Waals surface area contributed by atoms with Crippen molar-refractivity contribution in [1.29, 1.82) is 0 Å². The molecule has 8 nitrogen and oxygen atoms in total. The number of alkyl halides is 5. The van der Waals surface area contributed by atoms with Gasteiger partial charge in [-0.3, -0.25) is 14.0 Å². The van der Waals surface area contributed by atoms with Crippen LogP contribution < -0.4 is 13.8 Å². The van der Waals surface area contributed by atoms with E-state index < -0.39 is 56.4 Å². The van der Waals surface area contributed by atoms with E-state index in [4.69, 9.17) is 9.84 Å². The minimum Gasteiger partial charge on any atom is -0.481 e. The Hall–Kier alpha value is -3.98. The summed E-state index contributed by atoms with van der Waals surface area (Å²) in [5.74, 6) is -2.24. The van der Waals surface area contributed by atoms with Crippen LogP contribution in [0.4, 0.5) is 32.0 Å². The summed E-state index contributed by atoms with van der Waals surface area (Å²) < 4.78 is 119. The van der Waals surface area contributed by atoms with Crippen molar-refractivity contribution in [3.63, 3.8) is 0 Å². The quantitative estimate of drug-likeness (QED) is 0.307. The van der Waals surface area contributed by atoms with Gasteiger partial charge < -0.3 is 14.6 Å². The minimum atomic E-state index is -4.80. The van der Waals surface area contributed by atoms with Crippen molar-refractivity contribution in [3.05, 3.63) is 72.0 Å². The first-order chi connectivity index (χ1) is 20.1. The maximum atomic E-state index is 14.3. The molecule has 0 aromatic heterocycles. The van der Waals surface area contributed by atoms with Crippen LogP contribution in [0.15, 0.2) is 65.6 Å². The lowest BCUT2D eigenvalue weighted by Crippen LogP contribution is -2.71. The summed E-state index contributed by atoms with van der Waals surface area (Å²) in [6.45, 7) is -2.66. The normalized spacial score (nSPS) is 16.5. The number of carbonyl (C=O) groups is 1. The number of sulfonamides is 1. The lowest BCUT2D eigenvalue weighted by Gasteiger charge is -2.54. The fourth-order valence-electron chi connectivity index (χ4n) is 5.21. The molecule has 1 fully saturated rings. The SMILES string of the molecule is O=C(O)CCCN1CC2(C1)CN(S(=O)(=O)c1cccc(C(F)(F)F)c1)c1cc(-c3cc(F)cc(OC(F)F)c3)ccc1O2. The highest BCUT2D eigenvalue weighted by Crippen LogP contribution is 2.45. The maximum Gasteiger partial charge on any atom is 0.416 e. The molecular weight excluding hydrogens is 606 g/mol. The smallest absolute Gasteiger partial charge is 0.416 e. The lowest BCUT2D eigenvalue weighted by molar-refractivity contribution is -0.138. The first-order valence-electron chi connectivity index (χ1n) is 12.9. The molecule has 1 saturated heterocycles. The van der Waals surface area contributed by atoms with Crippen molar-refractivity contribution in [2.24, 2.45) is 0 Å². The van der Waals surface area contributed by atoms with Crippen LogP contribution >= 0.6 is 0 Å². The van der Waals surface area contributed by atoms with Crippen LogP contribution in [0.25, 0.3) is 11.1 Å². The van der Waals surface area contributed by atoms with E-state index in [0.717, 1.165) is 40.7 Å². The third-order valence-corrected chi connectivity index (χ3v) is 8.81. The fourth-order valence-corrected chi connectivity index (χ4v) is 6.80. The van der Waals surface area contributed by atoms with Crippen molar-refractivity contribution >= 4 is 21.7 Å². The fraction of sp³-hybridized carbons (Fsp3) is 0.321. The highest BCUT2D eigenvalue weighted by Gasteiger charge is 2.52. The van der Waals surface area contributed by atoms with Crippen molar-refractivity contribution in [2.75, 3.05) is 30.5 Å². The van der Waals surface area contributed by atoms with Gasteiger partial charge in [0.05, 0.1) is 22.7 Å². The molecule has 0 aliphatic carbocycles. The van der Waals surface area contributed by atoms with E-state index in [-0.39, 0.29) is 48.6 Å². The summed E-state index contributed by atoms with van der Waals surface area (Å²) in [6.07, 6.45) is -4.51. The summed E-state index contributed by atoms with van der Waals surface area (Å²) in [5.41, 5.74) is -2.02. The Morgan fingerprint density at radius 2 is 1.77 bits per heavy atom. The van der Waals surface area contributed by atoms with Gasteiger partial charge in [-0.2, -0.15) is 22.0 Å². The molecule has 2 aliphatic heterocycles. The Balaban J connectivity index is 1.54. The molecular formula is C28H24F6N2O6S. The highest BCUT2D eigenvalue weighted by molar-refractivity contribution is 7.92. The number of hydrogen-bond donors (Lipinski definition) is 1. The molecule has 15 heteroatoms. The second-order valence-electron chi connectivity index (χ2n) is 10.3. The Morgan fingerprint density at radius 1 is 1.02 bits per heavy atom. The zero-order valence-corrected chi connectivity index (χ0v) is 23.0.